The summed E-state index contributed by atoms with van der Waals surface area (Å²) in [5.41, 5.74) is 0. The maximum Gasteiger partial charge on any atom is 0.306 e. The van der Waals surface area contributed by atoms with Crippen molar-refractivity contribution < 1.29 is 24.2 Å². The lowest BCUT2D eigenvalue weighted by atomic mass is 10.1. The molecule has 5 nitrogen and oxygen atoms in total. The van der Waals surface area contributed by atoms with E-state index >= 15 is 0 Å². The van der Waals surface area contributed by atoms with Gasteiger partial charge in [0.15, 0.2) is 6.10 Å². The fraction of sp³-hybridized carbons (Fsp3) is 0.593. The smallest absolute Gasteiger partial charge is 0.306 e. The zero-order valence-corrected chi connectivity index (χ0v) is 37.7. The van der Waals surface area contributed by atoms with Gasteiger partial charge in [-0.05, 0) is 89.9 Å². The van der Waals surface area contributed by atoms with Crippen molar-refractivity contribution in [3.05, 3.63) is 122 Å². The van der Waals surface area contributed by atoms with E-state index in [0.29, 0.717) is 12.8 Å². The van der Waals surface area contributed by atoms with Crippen LogP contribution in [0.2, 0.25) is 0 Å². The number of carbonyl (C=O) groups is 2. The molecule has 1 atom stereocenters. The lowest BCUT2D eigenvalue weighted by Gasteiger charge is -2.15. The van der Waals surface area contributed by atoms with E-state index in [1.807, 2.05) is 0 Å². The van der Waals surface area contributed by atoms with E-state index in [1.54, 1.807) is 0 Å². The summed E-state index contributed by atoms with van der Waals surface area (Å²) in [6.45, 7) is 3.97. The van der Waals surface area contributed by atoms with Gasteiger partial charge in [-0.15, -0.1) is 0 Å². The highest BCUT2D eigenvalue weighted by molar-refractivity contribution is 5.70. The highest BCUT2D eigenvalue weighted by atomic mass is 16.6. The normalized spacial score (nSPS) is 13.3. The Morgan fingerprint density at radius 3 is 1.10 bits per heavy atom. The highest BCUT2D eigenvalue weighted by Gasteiger charge is 2.16. The third-order valence-corrected chi connectivity index (χ3v) is 9.52. The van der Waals surface area contributed by atoms with Crippen molar-refractivity contribution >= 4 is 11.9 Å². The maximum atomic E-state index is 12.2. The van der Waals surface area contributed by atoms with Crippen LogP contribution in [-0.2, 0) is 19.1 Å². The topological polar surface area (TPSA) is 72.8 Å². The SMILES string of the molecule is CC/C=C\C/C=C\C/C=C\C/C=C\C/C=C\C/C=C\C/C=C\C/C=C\C/C=C\C/C=C\CCCCCCC(=O)OC(CO)COC(=O)CCCCCCCCCCCC. The van der Waals surface area contributed by atoms with Gasteiger partial charge in [0.05, 0.1) is 6.61 Å². The molecule has 0 rings (SSSR count). The lowest BCUT2D eigenvalue weighted by Crippen LogP contribution is -2.28. The van der Waals surface area contributed by atoms with Crippen LogP contribution >= 0.6 is 0 Å². The van der Waals surface area contributed by atoms with Crippen molar-refractivity contribution in [2.45, 2.75) is 193 Å². The van der Waals surface area contributed by atoms with Gasteiger partial charge in [-0.25, -0.2) is 0 Å². The van der Waals surface area contributed by atoms with Crippen molar-refractivity contribution in [3.63, 3.8) is 0 Å². The second kappa shape index (κ2) is 48.7. The van der Waals surface area contributed by atoms with Gasteiger partial charge in [0, 0.05) is 12.8 Å². The fourth-order valence-electron chi connectivity index (χ4n) is 5.99. The molecular formula is C54H86O5. The summed E-state index contributed by atoms with van der Waals surface area (Å²) in [4.78, 5) is 24.3. The summed E-state index contributed by atoms with van der Waals surface area (Å²) in [6.07, 6.45) is 71.4. The number of hydrogen-bond acceptors (Lipinski definition) is 5. The third kappa shape index (κ3) is 46.9. The molecule has 332 valence electrons. The van der Waals surface area contributed by atoms with Crippen molar-refractivity contribution in [1.29, 1.82) is 0 Å². The molecule has 0 aromatic heterocycles. The Morgan fingerprint density at radius 2 is 0.729 bits per heavy atom. The molecule has 0 aliphatic carbocycles. The molecular weight excluding hydrogens is 729 g/mol. The first-order chi connectivity index (χ1) is 29.1. The van der Waals surface area contributed by atoms with Crippen molar-refractivity contribution in [3.8, 4) is 0 Å². The third-order valence-electron chi connectivity index (χ3n) is 9.52. The van der Waals surface area contributed by atoms with E-state index in [4.69, 9.17) is 9.47 Å². The Labute approximate surface area is 363 Å². The number of hydrogen-bond donors (Lipinski definition) is 1. The zero-order chi connectivity index (χ0) is 42.8. The van der Waals surface area contributed by atoms with Gasteiger partial charge < -0.3 is 14.6 Å². The Hall–Kier alpha value is -3.70. The molecule has 0 spiro atoms. The van der Waals surface area contributed by atoms with Crippen LogP contribution in [0.15, 0.2) is 122 Å². The van der Waals surface area contributed by atoms with Gasteiger partial charge in [-0.2, -0.15) is 0 Å². The fourth-order valence-corrected chi connectivity index (χ4v) is 5.99. The van der Waals surface area contributed by atoms with Crippen LogP contribution in [0.3, 0.4) is 0 Å². The minimum absolute atomic E-state index is 0.0819. The van der Waals surface area contributed by atoms with E-state index in [9.17, 15) is 14.7 Å². The molecule has 0 bridgehead atoms. The standard InChI is InChI=1S/C54H86O5/c1-3-5-7-9-11-13-15-16-17-18-19-20-21-22-23-24-25-26-27-28-29-30-31-32-33-34-35-36-37-38-39-41-43-45-47-49-54(57)59-52(50-55)51-58-53(56)48-46-44-42-40-14-12-10-8-6-4-2/h5,7,11,13,16-17,19-20,22-23,25-26,28-29,31-32,34-35,37-38,52,55H,3-4,6,8-10,12,14-15,18,21,24,27,30,33,36,39-51H2,1-2H3/b7-5-,13-11-,17-16-,20-19-,23-22-,26-25-,29-28-,32-31-,35-34-,38-37-. The first-order valence-electron chi connectivity index (χ1n) is 23.6. The van der Waals surface area contributed by atoms with E-state index in [0.717, 1.165) is 116 Å². The molecule has 0 aromatic carbocycles. The first-order valence-corrected chi connectivity index (χ1v) is 23.6. The van der Waals surface area contributed by atoms with Crippen LogP contribution in [0, 0.1) is 0 Å². The highest BCUT2D eigenvalue weighted by Crippen LogP contribution is 2.12. The van der Waals surface area contributed by atoms with Crippen LogP contribution in [0.5, 0.6) is 0 Å². The molecule has 0 heterocycles. The summed E-state index contributed by atoms with van der Waals surface area (Å²) in [5, 5.41) is 9.56. The average molecular weight is 815 g/mol. The van der Waals surface area contributed by atoms with Gasteiger partial charge in [0.25, 0.3) is 0 Å². The molecule has 0 fully saturated rings. The largest absolute Gasteiger partial charge is 0.462 e. The van der Waals surface area contributed by atoms with Gasteiger partial charge >= 0.3 is 11.9 Å². The van der Waals surface area contributed by atoms with Crippen molar-refractivity contribution in [1.82, 2.24) is 0 Å². The Kier molecular flexibility index (Phi) is 45.6. The number of aliphatic hydroxyl groups excluding tert-OH is 1. The molecule has 0 aliphatic heterocycles. The first kappa shape index (κ1) is 55.3. The molecule has 0 aromatic rings. The van der Waals surface area contributed by atoms with Gasteiger partial charge in [-0.1, -0.05) is 206 Å². The molecule has 5 heteroatoms. The number of ether oxygens (including phenoxy) is 2. The molecule has 0 saturated carbocycles. The number of esters is 2. The summed E-state index contributed by atoms with van der Waals surface area (Å²) in [6, 6.07) is 0. The average Bonchev–Trinajstić information content (AvgIpc) is 3.24. The van der Waals surface area contributed by atoms with E-state index < -0.39 is 6.10 Å². The summed E-state index contributed by atoms with van der Waals surface area (Å²) in [7, 11) is 0. The van der Waals surface area contributed by atoms with E-state index in [2.05, 4.69) is 135 Å². The second-order valence-electron chi connectivity index (χ2n) is 15.1. The predicted molar refractivity (Wildman–Crippen MR) is 255 cm³/mol. The second-order valence-corrected chi connectivity index (χ2v) is 15.1. The Balaban J connectivity index is 3.68. The van der Waals surface area contributed by atoms with Crippen LogP contribution in [0.4, 0.5) is 0 Å². The predicted octanol–water partition coefficient (Wildman–Crippen LogP) is 15.6. The van der Waals surface area contributed by atoms with Gasteiger partial charge in [0.1, 0.15) is 6.61 Å². The lowest BCUT2D eigenvalue weighted by molar-refractivity contribution is -0.161. The maximum absolute atomic E-state index is 12.2. The van der Waals surface area contributed by atoms with E-state index in [1.165, 1.54) is 44.9 Å². The molecule has 0 amide bonds. The van der Waals surface area contributed by atoms with Crippen molar-refractivity contribution in [2.24, 2.45) is 0 Å². The van der Waals surface area contributed by atoms with Crippen LogP contribution in [0.25, 0.3) is 0 Å². The number of allylic oxidation sites excluding steroid dienone is 20. The minimum atomic E-state index is -0.790. The molecule has 1 unspecified atom stereocenters. The Morgan fingerprint density at radius 1 is 0.407 bits per heavy atom. The Bertz CT molecular complexity index is 1240. The molecule has 59 heavy (non-hydrogen) atoms. The number of carbonyl (C=O) groups excluding carboxylic acids is 2. The number of rotatable bonds is 41. The minimum Gasteiger partial charge on any atom is -0.462 e. The van der Waals surface area contributed by atoms with Crippen LogP contribution in [0.1, 0.15) is 187 Å². The number of unbranched alkanes of at least 4 members (excludes halogenated alkanes) is 13. The van der Waals surface area contributed by atoms with Crippen LogP contribution in [-0.4, -0.2) is 36.4 Å². The molecule has 1 N–H and O–H groups in total. The molecule has 0 radical (unpaired) electrons. The molecule has 0 saturated heterocycles. The summed E-state index contributed by atoms with van der Waals surface area (Å²) < 4.78 is 10.6. The monoisotopic (exact) mass is 815 g/mol. The van der Waals surface area contributed by atoms with Crippen molar-refractivity contribution in [2.75, 3.05) is 13.2 Å². The van der Waals surface area contributed by atoms with E-state index in [-0.39, 0.29) is 25.2 Å². The quantitative estimate of drug-likeness (QED) is 0.0378. The van der Waals surface area contributed by atoms with Gasteiger partial charge in [-0.3, -0.25) is 9.59 Å². The van der Waals surface area contributed by atoms with Gasteiger partial charge in [0.2, 0.25) is 0 Å². The van der Waals surface area contributed by atoms with Crippen LogP contribution < -0.4 is 0 Å². The number of aliphatic hydroxyl groups is 1. The summed E-state index contributed by atoms with van der Waals surface area (Å²) in [5.74, 6) is -0.631. The summed E-state index contributed by atoms with van der Waals surface area (Å²) >= 11 is 0. The zero-order valence-electron chi connectivity index (χ0n) is 37.7. The molecule has 0 aliphatic rings.